The van der Waals surface area contributed by atoms with Crippen molar-refractivity contribution in [2.24, 2.45) is 11.8 Å². The Morgan fingerprint density at radius 3 is 2.78 bits per heavy atom. The van der Waals surface area contributed by atoms with E-state index in [1.54, 1.807) is 0 Å². The molecule has 18 heavy (non-hydrogen) atoms. The van der Waals surface area contributed by atoms with Gasteiger partial charge in [-0.25, -0.2) is 0 Å². The molecule has 0 radical (unpaired) electrons. The van der Waals surface area contributed by atoms with Crippen LogP contribution in [-0.4, -0.2) is 35.0 Å². The Kier molecular flexibility index (Phi) is 6.16. The number of carboxylic acids is 1. The van der Waals surface area contributed by atoms with Crippen LogP contribution < -0.4 is 0 Å². The van der Waals surface area contributed by atoms with E-state index in [-0.39, 0.29) is 18.4 Å². The van der Waals surface area contributed by atoms with Gasteiger partial charge in [0.1, 0.15) is 6.54 Å². The van der Waals surface area contributed by atoms with E-state index in [1.807, 2.05) is 0 Å². The number of carbonyl (C=O) groups is 2. The van der Waals surface area contributed by atoms with Crippen LogP contribution in [0.2, 0.25) is 0 Å². The number of hydrogen-bond acceptors (Lipinski definition) is 2. The van der Waals surface area contributed by atoms with Gasteiger partial charge in [0.25, 0.3) is 0 Å². The number of unbranched alkanes of at least 4 members (excludes halogenated alkanes) is 3. The van der Waals surface area contributed by atoms with Crippen molar-refractivity contribution in [2.45, 2.75) is 52.4 Å². The normalized spacial score (nSPS) is 21.3. The molecular formula is C14H25NO3. The van der Waals surface area contributed by atoms with Crippen LogP contribution in [0.4, 0.5) is 0 Å². The Hall–Kier alpha value is -1.06. The molecule has 1 aliphatic rings. The maximum atomic E-state index is 12.0. The van der Waals surface area contributed by atoms with Gasteiger partial charge in [-0.15, -0.1) is 0 Å². The van der Waals surface area contributed by atoms with E-state index in [1.165, 1.54) is 30.6 Å². The fourth-order valence-corrected chi connectivity index (χ4v) is 2.71. The van der Waals surface area contributed by atoms with E-state index >= 15 is 0 Å². The molecule has 2 atom stereocenters. The van der Waals surface area contributed by atoms with E-state index in [0.717, 1.165) is 12.8 Å². The first-order chi connectivity index (χ1) is 8.56. The minimum atomic E-state index is -0.917. The fraction of sp³-hybridized carbons (Fsp3) is 0.857. The number of rotatable bonds is 8. The van der Waals surface area contributed by atoms with Gasteiger partial charge in [-0.2, -0.15) is 0 Å². The van der Waals surface area contributed by atoms with Gasteiger partial charge in [0.2, 0.25) is 5.91 Å². The van der Waals surface area contributed by atoms with E-state index in [0.29, 0.717) is 12.5 Å². The second kappa shape index (κ2) is 7.39. The van der Waals surface area contributed by atoms with Crippen molar-refractivity contribution in [3.63, 3.8) is 0 Å². The maximum absolute atomic E-state index is 12.0. The van der Waals surface area contributed by atoms with Crippen LogP contribution in [0.3, 0.4) is 0 Å². The Morgan fingerprint density at radius 2 is 2.17 bits per heavy atom. The van der Waals surface area contributed by atoms with Gasteiger partial charge < -0.3 is 10.0 Å². The van der Waals surface area contributed by atoms with Crippen molar-refractivity contribution in [1.29, 1.82) is 0 Å². The fourth-order valence-electron chi connectivity index (χ4n) is 2.71. The molecule has 1 aliphatic heterocycles. The van der Waals surface area contributed by atoms with Gasteiger partial charge in [0.05, 0.1) is 0 Å². The third kappa shape index (κ3) is 4.31. The highest BCUT2D eigenvalue weighted by atomic mass is 16.4. The number of aliphatic carboxylic acids is 1. The monoisotopic (exact) mass is 255 g/mol. The summed E-state index contributed by atoms with van der Waals surface area (Å²) < 4.78 is 0. The summed E-state index contributed by atoms with van der Waals surface area (Å²) in [5.41, 5.74) is 0. The summed E-state index contributed by atoms with van der Waals surface area (Å²) in [5.74, 6) is -0.445. The average molecular weight is 255 g/mol. The summed E-state index contributed by atoms with van der Waals surface area (Å²) in [6.07, 6.45) is 6.80. The molecule has 0 aromatic heterocycles. The standard InChI is InChI=1S/C14H25NO3/c1-3-4-5-6-7-11(2)12-8-9-15(14(12)18)10-13(16)17/h11-12H,3-10H2,1-2H3,(H,16,17). The summed E-state index contributed by atoms with van der Waals surface area (Å²) in [4.78, 5) is 24.1. The van der Waals surface area contributed by atoms with Crippen LogP contribution in [0, 0.1) is 11.8 Å². The molecule has 4 nitrogen and oxygen atoms in total. The molecule has 1 fully saturated rings. The van der Waals surface area contributed by atoms with Gasteiger partial charge in [-0.3, -0.25) is 9.59 Å². The first-order valence-corrected chi connectivity index (χ1v) is 7.06. The van der Waals surface area contributed by atoms with Crippen LogP contribution in [0.1, 0.15) is 52.4 Å². The van der Waals surface area contributed by atoms with Crippen LogP contribution in [-0.2, 0) is 9.59 Å². The zero-order chi connectivity index (χ0) is 13.5. The molecule has 1 heterocycles. The molecule has 0 aliphatic carbocycles. The van der Waals surface area contributed by atoms with Crippen LogP contribution in [0.5, 0.6) is 0 Å². The smallest absolute Gasteiger partial charge is 0.323 e. The number of likely N-dealkylation sites (tertiary alicyclic amines) is 1. The van der Waals surface area contributed by atoms with Crippen molar-refractivity contribution in [1.82, 2.24) is 4.90 Å². The predicted molar refractivity (Wildman–Crippen MR) is 70.2 cm³/mol. The Labute approximate surface area is 109 Å². The SMILES string of the molecule is CCCCCCC(C)C1CCN(CC(=O)O)C1=O. The van der Waals surface area contributed by atoms with Gasteiger partial charge in [0, 0.05) is 12.5 Å². The highest BCUT2D eigenvalue weighted by Crippen LogP contribution is 2.28. The minimum absolute atomic E-state index is 0.0420. The van der Waals surface area contributed by atoms with E-state index < -0.39 is 5.97 Å². The molecule has 0 bridgehead atoms. The van der Waals surface area contributed by atoms with Crippen molar-refractivity contribution in [2.75, 3.05) is 13.1 Å². The number of carboxylic acid groups (broad SMARTS) is 1. The van der Waals surface area contributed by atoms with Crippen molar-refractivity contribution >= 4 is 11.9 Å². The topological polar surface area (TPSA) is 57.6 Å². The number of carbonyl (C=O) groups excluding carboxylic acids is 1. The van der Waals surface area contributed by atoms with Gasteiger partial charge >= 0.3 is 5.97 Å². The Bertz CT molecular complexity index is 291. The molecule has 1 amide bonds. The maximum Gasteiger partial charge on any atom is 0.323 e. The Morgan fingerprint density at radius 1 is 1.44 bits per heavy atom. The first-order valence-electron chi connectivity index (χ1n) is 7.06. The largest absolute Gasteiger partial charge is 0.480 e. The molecule has 0 spiro atoms. The molecule has 2 unspecified atom stereocenters. The average Bonchev–Trinajstić information content (AvgIpc) is 2.66. The molecule has 0 aromatic carbocycles. The zero-order valence-corrected chi connectivity index (χ0v) is 11.5. The second-order valence-electron chi connectivity index (χ2n) is 5.38. The van der Waals surface area contributed by atoms with Crippen molar-refractivity contribution in [3.8, 4) is 0 Å². The quantitative estimate of drug-likeness (QED) is 0.678. The van der Waals surface area contributed by atoms with Gasteiger partial charge in [-0.1, -0.05) is 39.5 Å². The summed E-state index contributed by atoms with van der Waals surface area (Å²) in [7, 11) is 0. The minimum Gasteiger partial charge on any atom is -0.480 e. The lowest BCUT2D eigenvalue weighted by Crippen LogP contribution is -2.33. The number of hydrogen-bond donors (Lipinski definition) is 1. The molecular weight excluding hydrogens is 230 g/mol. The van der Waals surface area contributed by atoms with Crippen LogP contribution in [0.15, 0.2) is 0 Å². The lowest BCUT2D eigenvalue weighted by Gasteiger charge is -2.19. The lowest BCUT2D eigenvalue weighted by molar-refractivity contribution is -0.144. The molecule has 104 valence electrons. The molecule has 1 saturated heterocycles. The molecule has 4 heteroatoms. The van der Waals surface area contributed by atoms with E-state index in [4.69, 9.17) is 5.11 Å². The molecule has 0 saturated carbocycles. The van der Waals surface area contributed by atoms with Crippen LogP contribution >= 0.6 is 0 Å². The predicted octanol–water partition coefficient (Wildman–Crippen LogP) is 2.53. The summed E-state index contributed by atoms with van der Waals surface area (Å²) in [6, 6.07) is 0. The zero-order valence-electron chi connectivity index (χ0n) is 11.5. The third-order valence-electron chi connectivity index (χ3n) is 3.86. The number of amides is 1. The number of nitrogens with zero attached hydrogens (tertiary/aromatic N) is 1. The van der Waals surface area contributed by atoms with E-state index in [9.17, 15) is 9.59 Å². The van der Waals surface area contributed by atoms with E-state index in [2.05, 4.69) is 13.8 Å². The third-order valence-corrected chi connectivity index (χ3v) is 3.86. The molecule has 0 aromatic rings. The van der Waals surface area contributed by atoms with Gasteiger partial charge in [-0.05, 0) is 18.8 Å². The lowest BCUT2D eigenvalue weighted by atomic mass is 9.88. The molecule has 1 N–H and O–H groups in total. The van der Waals surface area contributed by atoms with Crippen molar-refractivity contribution < 1.29 is 14.7 Å². The summed E-state index contributed by atoms with van der Waals surface area (Å²) >= 11 is 0. The Balaban J connectivity index is 2.34. The van der Waals surface area contributed by atoms with Crippen LogP contribution in [0.25, 0.3) is 0 Å². The molecule has 1 rings (SSSR count). The highest BCUT2D eigenvalue weighted by molar-refractivity contribution is 5.84. The summed E-state index contributed by atoms with van der Waals surface area (Å²) in [5, 5.41) is 8.72. The highest BCUT2D eigenvalue weighted by Gasteiger charge is 2.35. The van der Waals surface area contributed by atoms with Crippen molar-refractivity contribution in [3.05, 3.63) is 0 Å². The summed E-state index contributed by atoms with van der Waals surface area (Å²) in [6.45, 7) is 4.78. The second-order valence-corrected chi connectivity index (χ2v) is 5.38. The van der Waals surface area contributed by atoms with Gasteiger partial charge in [0.15, 0.2) is 0 Å². The first kappa shape index (κ1) is 15.0.